The normalized spacial score (nSPS) is 15.3. The van der Waals surface area contributed by atoms with E-state index in [9.17, 15) is 9.59 Å². The molecule has 1 fully saturated rings. The Labute approximate surface area is 151 Å². The summed E-state index contributed by atoms with van der Waals surface area (Å²) in [5.74, 6) is -0.232. The first-order valence-corrected chi connectivity index (χ1v) is 8.77. The van der Waals surface area contributed by atoms with Crippen molar-refractivity contribution < 1.29 is 14.3 Å². The first-order valence-electron chi connectivity index (χ1n) is 8.77. The Morgan fingerprint density at radius 2 is 2.04 bits per heavy atom. The zero-order valence-corrected chi connectivity index (χ0v) is 14.9. The first-order chi connectivity index (χ1) is 12.7. The molecule has 0 aliphatic carbocycles. The summed E-state index contributed by atoms with van der Waals surface area (Å²) >= 11 is 0. The highest BCUT2D eigenvalue weighted by atomic mass is 16.5. The number of aromatic nitrogens is 2. The van der Waals surface area contributed by atoms with Gasteiger partial charge in [0.25, 0.3) is 11.5 Å². The minimum Gasteiger partial charge on any atom is -0.383 e. The molecule has 0 bridgehead atoms. The smallest absolute Gasteiger partial charge is 0.287 e. The molecule has 140 valence electrons. The van der Waals surface area contributed by atoms with E-state index >= 15 is 0 Å². The van der Waals surface area contributed by atoms with E-state index in [0.29, 0.717) is 24.1 Å². The topological polar surface area (TPSA) is 85.7 Å². The van der Waals surface area contributed by atoms with E-state index in [4.69, 9.17) is 9.47 Å². The molecule has 2 aromatic rings. The number of nitrogens with one attached hydrogen (secondary N) is 1. The predicted octanol–water partition coefficient (Wildman–Crippen LogP) is 0.105. The minimum atomic E-state index is -0.350. The van der Waals surface area contributed by atoms with Gasteiger partial charge in [-0.3, -0.25) is 19.1 Å². The molecule has 0 saturated carbocycles. The molecule has 1 aromatic heterocycles. The minimum absolute atomic E-state index is 0.118. The van der Waals surface area contributed by atoms with Gasteiger partial charge in [0.2, 0.25) is 5.82 Å². The van der Waals surface area contributed by atoms with Crippen LogP contribution in [0.3, 0.4) is 0 Å². The molecule has 1 aromatic carbocycles. The van der Waals surface area contributed by atoms with Crippen LogP contribution in [0, 0.1) is 0 Å². The number of amides is 1. The van der Waals surface area contributed by atoms with Gasteiger partial charge in [0.1, 0.15) is 0 Å². The fourth-order valence-electron chi connectivity index (χ4n) is 2.96. The largest absolute Gasteiger partial charge is 0.383 e. The summed E-state index contributed by atoms with van der Waals surface area (Å²) in [5.41, 5.74) is 0.287. The number of nitrogens with zero attached hydrogens (tertiary/aromatic N) is 3. The second-order valence-corrected chi connectivity index (χ2v) is 6.11. The number of methoxy groups -OCH3 is 1. The number of hydrogen-bond acceptors (Lipinski definition) is 6. The van der Waals surface area contributed by atoms with Crippen LogP contribution < -0.4 is 10.9 Å². The lowest BCUT2D eigenvalue weighted by Crippen LogP contribution is -2.42. The Kier molecular flexibility index (Phi) is 6.32. The van der Waals surface area contributed by atoms with Gasteiger partial charge in [-0.1, -0.05) is 12.1 Å². The first kappa shape index (κ1) is 18.5. The van der Waals surface area contributed by atoms with Crippen molar-refractivity contribution in [3.8, 4) is 0 Å². The number of carbonyl (C=O) groups is 1. The van der Waals surface area contributed by atoms with Gasteiger partial charge in [-0.15, -0.1) is 0 Å². The molecule has 3 rings (SSSR count). The van der Waals surface area contributed by atoms with Crippen LogP contribution in [0.5, 0.6) is 0 Å². The molecule has 8 nitrogen and oxygen atoms in total. The molecular formula is C18H24N4O4. The molecule has 0 spiro atoms. The summed E-state index contributed by atoms with van der Waals surface area (Å²) in [6, 6.07) is 7.04. The van der Waals surface area contributed by atoms with Crippen LogP contribution in [0.25, 0.3) is 10.9 Å². The van der Waals surface area contributed by atoms with Gasteiger partial charge in [-0.2, -0.15) is 0 Å². The third-order valence-corrected chi connectivity index (χ3v) is 4.40. The molecule has 8 heteroatoms. The summed E-state index contributed by atoms with van der Waals surface area (Å²) in [6.45, 7) is 5.00. The SMILES string of the molecule is COCCn1c(C(=O)NCCN2CCOCC2)nc2ccccc2c1=O. The van der Waals surface area contributed by atoms with Gasteiger partial charge in [0, 0.05) is 33.3 Å². The number of ether oxygens (including phenoxy) is 2. The highest BCUT2D eigenvalue weighted by molar-refractivity contribution is 5.93. The monoisotopic (exact) mass is 360 g/mol. The van der Waals surface area contributed by atoms with Gasteiger partial charge in [-0.25, -0.2) is 4.98 Å². The van der Waals surface area contributed by atoms with Crippen LogP contribution in [-0.4, -0.2) is 73.5 Å². The molecule has 26 heavy (non-hydrogen) atoms. The average molecular weight is 360 g/mol. The standard InChI is InChI=1S/C18H24N4O4/c1-25-11-10-22-16(20-15-5-3-2-4-14(15)18(22)24)17(23)19-6-7-21-8-12-26-13-9-21/h2-5H,6-13H2,1H3,(H,19,23). The number of carbonyl (C=O) groups excluding carboxylic acids is 1. The molecule has 2 heterocycles. The second-order valence-electron chi connectivity index (χ2n) is 6.11. The second kappa shape index (κ2) is 8.88. The van der Waals surface area contributed by atoms with Crippen molar-refractivity contribution in [1.82, 2.24) is 19.8 Å². The third kappa shape index (κ3) is 4.27. The molecule has 1 aliphatic rings. The van der Waals surface area contributed by atoms with Gasteiger partial charge >= 0.3 is 0 Å². The quantitative estimate of drug-likeness (QED) is 0.754. The van der Waals surface area contributed by atoms with Crippen molar-refractivity contribution in [2.24, 2.45) is 0 Å². The van der Waals surface area contributed by atoms with E-state index in [1.54, 1.807) is 31.4 Å². The Morgan fingerprint density at radius 3 is 2.81 bits per heavy atom. The zero-order valence-electron chi connectivity index (χ0n) is 14.9. The summed E-state index contributed by atoms with van der Waals surface area (Å²) in [4.78, 5) is 32.0. The number of para-hydroxylation sites is 1. The van der Waals surface area contributed by atoms with Gasteiger partial charge in [0.05, 0.1) is 37.3 Å². The van der Waals surface area contributed by atoms with E-state index in [2.05, 4.69) is 15.2 Å². The Morgan fingerprint density at radius 1 is 1.27 bits per heavy atom. The predicted molar refractivity (Wildman–Crippen MR) is 97.5 cm³/mol. The van der Waals surface area contributed by atoms with Crippen molar-refractivity contribution in [3.05, 3.63) is 40.4 Å². The number of rotatable bonds is 7. The van der Waals surface area contributed by atoms with Gasteiger partial charge in [0.15, 0.2) is 0 Å². The third-order valence-electron chi connectivity index (χ3n) is 4.40. The Bertz CT molecular complexity index is 814. The number of morpholine rings is 1. The molecule has 1 N–H and O–H groups in total. The molecule has 1 saturated heterocycles. The van der Waals surface area contributed by atoms with Crippen molar-refractivity contribution in [3.63, 3.8) is 0 Å². The molecule has 0 unspecified atom stereocenters. The van der Waals surface area contributed by atoms with Crippen LogP contribution in [0.15, 0.2) is 29.1 Å². The molecule has 1 aliphatic heterocycles. The van der Waals surface area contributed by atoms with Crippen molar-refractivity contribution in [1.29, 1.82) is 0 Å². The van der Waals surface area contributed by atoms with Crippen LogP contribution in [0.2, 0.25) is 0 Å². The highest BCUT2D eigenvalue weighted by Crippen LogP contribution is 2.08. The lowest BCUT2D eigenvalue weighted by Gasteiger charge is -2.26. The Hall–Kier alpha value is -2.29. The summed E-state index contributed by atoms with van der Waals surface area (Å²) in [7, 11) is 1.56. The van der Waals surface area contributed by atoms with Crippen LogP contribution in [-0.2, 0) is 16.0 Å². The maximum Gasteiger partial charge on any atom is 0.287 e. The lowest BCUT2D eigenvalue weighted by molar-refractivity contribution is 0.0383. The molecule has 0 radical (unpaired) electrons. The number of hydrogen-bond donors (Lipinski definition) is 1. The van der Waals surface area contributed by atoms with Gasteiger partial charge in [-0.05, 0) is 12.1 Å². The fourth-order valence-corrected chi connectivity index (χ4v) is 2.96. The Balaban J connectivity index is 1.77. The van der Waals surface area contributed by atoms with Crippen LogP contribution in [0.4, 0.5) is 0 Å². The molecule has 0 atom stereocenters. The van der Waals surface area contributed by atoms with E-state index in [-0.39, 0.29) is 23.8 Å². The summed E-state index contributed by atoms with van der Waals surface area (Å²) < 4.78 is 11.8. The molecule has 1 amide bonds. The zero-order chi connectivity index (χ0) is 18.4. The van der Waals surface area contributed by atoms with E-state index < -0.39 is 0 Å². The number of fused-ring (bicyclic) bond motifs is 1. The summed E-state index contributed by atoms with van der Waals surface area (Å²) in [5, 5.41) is 3.36. The maximum absolute atomic E-state index is 12.7. The van der Waals surface area contributed by atoms with E-state index in [0.717, 1.165) is 32.8 Å². The maximum atomic E-state index is 12.7. The average Bonchev–Trinajstić information content (AvgIpc) is 2.68. The van der Waals surface area contributed by atoms with Crippen molar-refractivity contribution in [2.75, 3.05) is 53.1 Å². The van der Waals surface area contributed by atoms with E-state index in [1.165, 1.54) is 4.57 Å². The fraction of sp³-hybridized carbons (Fsp3) is 0.500. The van der Waals surface area contributed by atoms with Crippen LogP contribution >= 0.6 is 0 Å². The highest BCUT2D eigenvalue weighted by Gasteiger charge is 2.17. The van der Waals surface area contributed by atoms with Crippen LogP contribution in [0.1, 0.15) is 10.6 Å². The lowest BCUT2D eigenvalue weighted by atomic mass is 10.2. The van der Waals surface area contributed by atoms with E-state index in [1.807, 2.05) is 0 Å². The summed E-state index contributed by atoms with van der Waals surface area (Å²) in [6.07, 6.45) is 0. The molecular weight excluding hydrogens is 336 g/mol. The van der Waals surface area contributed by atoms with Gasteiger partial charge < -0.3 is 14.8 Å². The van der Waals surface area contributed by atoms with Crippen molar-refractivity contribution in [2.45, 2.75) is 6.54 Å². The van der Waals surface area contributed by atoms with Crippen molar-refractivity contribution >= 4 is 16.8 Å². The number of benzene rings is 1.